The fourth-order valence-electron chi connectivity index (χ4n) is 9.22. The van der Waals surface area contributed by atoms with E-state index in [1.807, 2.05) is 17.0 Å². The van der Waals surface area contributed by atoms with E-state index in [1.54, 1.807) is 30.3 Å². The molecule has 0 saturated heterocycles. The minimum atomic E-state index is -1.01. The van der Waals surface area contributed by atoms with E-state index in [0.29, 0.717) is 24.2 Å². The van der Waals surface area contributed by atoms with Gasteiger partial charge in [0, 0.05) is 37.2 Å². The van der Waals surface area contributed by atoms with Crippen LogP contribution in [0.5, 0.6) is 5.75 Å². The number of phenols is 1. The Bertz CT molecular complexity index is 1330. The first-order valence-corrected chi connectivity index (χ1v) is 17.9. The molecule has 3 N–H and O–H groups in total. The number of phenolic OH excluding ortho intramolecular Hbond substituents is 1. The van der Waals surface area contributed by atoms with Gasteiger partial charge in [-0.1, -0.05) is 58.4 Å². The molecule has 2 aromatic rings. The number of anilines is 1. The highest BCUT2D eigenvalue weighted by atomic mass is 19.1. The molecular weight excluding hydrogens is 579 g/mol. The average Bonchev–Trinajstić information content (AvgIpc) is 3.32. The fourth-order valence-corrected chi connectivity index (χ4v) is 9.22. The lowest BCUT2D eigenvalue weighted by atomic mass is 9.51. The number of aliphatic hydroxyl groups excluding tert-OH is 1. The van der Waals surface area contributed by atoms with Crippen LogP contribution >= 0.6 is 0 Å². The van der Waals surface area contributed by atoms with Gasteiger partial charge in [-0.05, 0) is 116 Å². The van der Waals surface area contributed by atoms with Crippen molar-refractivity contribution in [3.05, 3.63) is 59.2 Å². The highest BCUT2D eigenvalue weighted by Gasteiger charge is 2.59. The van der Waals surface area contributed by atoms with Crippen LogP contribution in [0, 0.1) is 23.2 Å². The van der Waals surface area contributed by atoms with Crippen molar-refractivity contribution < 1.29 is 24.2 Å². The molecule has 0 bridgehead atoms. The van der Waals surface area contributed by atoms with Gasteiger partial charge in [-0.3, -0.25) is 9.59 Å². The molecule has 252 valence electrons. The van der Waals surface area contributed by atoms with Crippen LogP contribution in [0.2, 0.25) is 0 Å². The minimum absolute atomic E-state index is 0.0216. The minimum Gasteiger partial charge on any atom is -0.508 e. The van der Waals surface area contributed by atoms with Crippen molar-refractivity contribution in [1.82, 2.24) is 4.90 Å². The number of rotatable bonds is 14. The van der Waals surface area contributed by atoms with Gasteiger partial charge >= 0.3 is 0 Å². The zero-order valence-electron chi connectivity index (χ0n) is 28.1. The van der Waals surface area contributed by atoms with Gasteiger partial charge in [0.25, 0.3) is 5.91 Å². The maximum absolute atomic E-state index is 16.1. The third kappa shape index (κ3) is 7.61. The lowest BCUT2D eigenvalue weighted by Gasteiger charge is -2.54. The van der Waals surface area contributed by atoms with Crippen molar-refractivity contribution in [1.29, 1.82) is 0 Å². The quantitative estimate of drug-likeness (QED) is 0.182. The van der Waals surface area contributed by atoms with E-state index in [0.717, 1.165) is 69.0 Å². The second-order valence-electron chi connectivity index (χ2n) is 14.7. The summed E-state index contributed by atoms with van der Waals surface area (Å²) in [5.74, 6) is 0.659. The lowest BCUT2D eigenvalue weighted by Crippen LogP contribution is -2.51. The summed E-state index contributed by atoms with van der Waals surface area (Å²) in [6.45, 7) is 7.19. The van der Waals surface area contributed by atoms with Crippen LogP contribution in [-0.2, 0) is 11.2 Å². The van der Waals surface area contributed by atoms with Gasteiger partial charge < -0.3 is 20.4 Å². The smallest absolute Gasteiger partial charge is 0.253 e. The normalized spacial score (nSPS) is 28.2. The second kappa shape index (κ2) is 15.3. The molecule has 46 heavy (non-hydrogen) atoms. The number of alkyl halides is 1. The number of hydrogen-bond acceptors (Lipinski definition) is 4. The molecule has 5 rings (SSSR count). The highest BCUT2D eigenvalue weighted by Crippen LogP contribution is 2.63. The van der Waals surface area contributed by atoms with Gasteiger partial charge in [0.1, 0.15) is 11.9 Å². The summed E-state index contributed by atoms with van der Waals surface area (Å²) >= 11 is 0. The van der Waals surface area contributed by atoms with Crippen LogP contribution in [0.3, 0.4) is 0 Å². The van der Waals surface area contributed by atoms with E-state index in [-0.39, 0.29) is 46.7 Å². The number of aliphatic hydroxyl groups is 1. The van der Waals surface area contributed by atoms with Gasteiger partial charge in [-0.25, -0.2) is 4.39 Å². The second-order valence-corrected chi connectivity index (χ2v) is 14.7. The Hall–Kier alpha value is -2.93. The molecule has 0 aliphatic heterocycles. The number of halogens is 1. The monoisotopic (exact) mass is 634 g/mol. The van der Waals surface area contributed by atoms with Crippen LogP contribution in [-0.4, -0.2) is 52.3 Å². The van der Waals surface area contributed by atoms with Gasteiger partial charge in [0.15, 0.2) is 0 Å². The summed E-state index contributed by atoms with van der Waals surface area (Å²) in [7, 11) is 0. The zero-order valence-corrected chi connectivity index (χ0v) is 28.1. The van der Waals surface area contributed by atoms with Crippen molar-refractivity contribution in [2.45, 2.75) is 122 Å². The fraction of sp³-hybridized carbons (Fsp3) is 0.641. The van der Waals surface area contributed by atoms with Crippen LogP contribution < -0.4 is 5.32 Å². The number of aromatic hydroxyl groups is 1. The van der Waals surface area contributed by atoms with E-state index in [2.05, 4.69) is 19.2 Å². The van der Waals surface area contributed by atoms with Gasteiger partial charge in [0.2, 0.25) is 5.91 Å². The Morgan fingerprint density at radius 1 is 0.978 bits per heavy atom. The van der Waals surface area contributed by atoms with Crippen molar-refractivity contribution in [2.75, 3.05) is 18.4 Å². The largest absolute Gasteiger partial charge is 0.508 e. The summed E-state index contributed by atoms with van der Waals surface area (Å²) in [5, 5.41) is 24.0. The predicted molar refractivity (Wildman–Crippen MR) is 182 cm³/mol. The van der Waals surface area contributed by atoms with Crippen LogP contribution in [0.4, 0.5) is 10.1 Å². The molecule has 2 amide bonds. The maximum Gasteiger partial charge on any atom is 0.253 e. The lowest BCUT2D eigenvalue weighted by molar-refractivity contribution is -0.114. The topological polar surface area (TPSA) is 89.9 Å². The van der Waals surface area contributed by atoms with Crippen LogP contribution in [0.15, 0.2) is 42.5 Å². The molecule has 2 aromatic carbocycles. The van der Waals surface area contributed by atoms with Gasteiger partial charge in [-0.2, -0.15) is 0 Å². The van der Waals surface area contributed by atoms with Crippen molar-refractivity contribution in [2.24, 2.45) is 23.2 Å². The first-order chi connectivity index (χ1) is 22.1. The summed E-state index contributed by atoms with van der Waals surface area (Å²) in [6, 6.07) is 12.6. The van der Waals surface area contributed by atoms with E-state index in [9.17, 15) is 19.8 Å². The number of nitrogens with zero attached hydrogens (tertiary/aromatic N) is 1. The molecule has 0 heterocycles. The Morgan fingerprint density at radius 3 is 2.39 bits per heavy atom. The number of hydrogen-bond donors (Lipinski definition) is 3. The third-order valence-corrected chi connectivity index (χ3v) is 11.5. The van der Waals surface area contributed by atoms with Crippen molar-refractivity contribution >= 4 is 17.5 Å². The average molecular weight is 635 g/mol. The molecular formula is C39H55FN2O4. The van der Waals surface area contributed by atoms with E-state index in [1.165, 1.54) is 32.6 Å². The molecule has 2 fully saturated rings. The molecule has 2 saturated carbocycles. The maximum atomic E-state index is 16.1. The number of nitrogens with one attached hydrogen (secondary N) is 1. The molecule has 3 aliphatic carbocycles. The van der Waals surface area contributed by atoms with Crippen molar-refractivity contribution in [3.63, 3.8) is 0 Å². The van der Waals surface area contributed by atoms with Crippen molar-refractivity contribution in [3.8, 4) is 5.75 Å². The summed E-state index contributed by atoms with van der Waals surface area (Å²) in [5.41, 5.74) is 3.04. The van der Waals surface area contributed by atoms with Gasteiger partial charge in [0.05, 0.1) is 6.10 Å². The Kier molecular flexibility index (Phi) is 11.5. The molecule has 3 aliphatic rings. The Balaban J connectivity index is 1.26. The summed E-state index contributed by atoms with van der Waals surface area (Å²) in [6.07, 6.45) is 11.2. The molecule has 7 atom stereocenters. The number of benzene rings is 2. The molecule has 0 aromatic heterocycles. The molecule has 6 unspecified atom stereocenters. The molecule has 0 spiro atoms. The number of unbranched alkanes of at least 4 members (excludes halogenated alkanes) is 6. The van der Waals surface area contributed by atoms with Crippen LogP contribution in [0.25, 0.3) is 0 Å². The Labute approximate surface area is 275 Å². The molecule has 7 heteroatoms. The summed E-state index contributed by atoms with van der Waals surface area (Å²) in [4.78, 5) is 27.1. The standard InChI is InChI=1S/C39H55FN2O4/c1-4-5-6-7-8-10-21-42(38(46)27-13-15-30(16-14-27)41-26(2)43)22-11-9-12-28-23-29-24-31(44)17-18-32(29)37-34(40)25-39(3)33(36(28)37)19-20-35(39)45/h13-18,24,28,33-37,44-45H,4-12,19-23,25H2,1-3H3,(H,41,43)/t28?,33?,34?,35?,36?,37?,39-/m0/s1. The SMILES string of the molecule is CCCCCCCCN(CCCCC1Cc2cc(O)ccc2C2C(F)C[C@]3(C)C(O)CCC3C12)C(=O)c1ccc(NC(C)=O)cc1. The zero-order chi connectivity index (χ0) is 32.8. The number of fused-ring (bicyclic) bond motifs is 5. The number of carbonyl (C=O) groups excluding carboxylic acids is 2. The van der Waals surface area contributed by atoms with E-state index >= 15 is 4.39 Å². The van der Waals surface area contributed by atoms with E-state index in [4.69, 9.17) is 0 Å². The number of carbonyl (C=O) groups is 2. The number of amides is 2. The highest BCUT2D eigenvalue weighted by molar-refractivity contribution is 5.95. The molecule has 6 nitrogen and oxygen atoms in total. The summed E-state index contributed by atoms with van der Waals surface area (Å²) < 4.78 is 16.1. The third-order valence-electron chi connectivity index (χ3n) is 11.5. The van der Waals surface area contributed by atoms with Gasteiger partial charge in [-0.15, -0.1) is 0 Å². The molecule has 0 radical (unpaired) electrons. The predicted octanol–water partition coefficient (Wildman–Crippen LogP) is 8.41. The first kappa shape index (κ1) is 34.4. The van der Waals surface area contributed by atoms with E-state index < -0.39 is 12.3 Å². The first-order valence-electron chi connectivity index (χ1n) is 17.9. The Morgan fingerprint density at radius 2 is 1.67 bits per heavy atom. The van der Waals surface area contributed by atoms with Crippen LogP contribution in [0.1, 0.15) is 125 Å².